The number of ether oxygens (including phenoxy) is 1. The van der Waals surface area contributed by atoms with Crippen LogP contribution in [0.15, 0.2) is 41.7 Å². The highest BCUT2D eigenvalue weighted by Crippen LogP contribution is 2.25. The van der Waals surface area contributed by atoms with Gasteiger partial charge in [-0.25, -0.2) is 19.3 Å². The summed E-state index contributed by atoms with van der Waals surface area (Å²) in [6, 6.07) is 4.77. The van der Waals surface area contributed by atoms with Crippen LogP contribution in [0.2, 0.25) is 0 Å². The molecule has 0 radical (unpaired) electrons. The fourth-order valence-electron chi connectivity index (χ4n) is 3.28. The van der Waals surface area contributed by atoms with E-state index in [0.29, 0.717) is 54.3 Å². The largest absolute Gasteiger partial charge is 0.496 e. The van der Waals surface area contributed by atoms with Crippen molar-refractivity contribution in [2.45, 2.75) is 19.5 Å². The highest BCUT2D eigenvalue weighted by molar-refractivity contribution is 5.52. The lowest BCUT2D eigenvalue weighted by Crippen LogP contribution is -2.35. The van der Waals surface area contributed by atoms with Gasteiger partial charge < -0.3 is 9.72 Å². The summed E-state index contributed by atoms with van der Waals surface area (Å²) >= 11 is 0. The van der Waals surface area contributed by atoms with Crippen molar-refractivity contribution in [1.29, 1.82) is 0 Å². The van der Waals surface area contributed by atoms with E-state index in [2.05, 4.69) is 19.9 Å². The summed E-state index contributed by atoms with van der Waals surface area (Å²) in [7, 11) is 1.52. The molecule has 0 saturated heterocycles. The summed E-state index contributed by atoms with van der Waals surface area (Å²) in [5.74, 6) is 0.655. The molecule has 0 atom stereocenters. The molecular formula is C19H18FN5O2. The zero-order valence-corrected chi connectivity index (χ0v) is 14.8. The summed E-state index contributed by atoms with van der Waals surface area (Å²) in [5, 5.41) is 0. The molecule has 138 valence electrons. The van der Waals surface area contributed by atoms with E-state index < -0.39 is 0 Å². The SMILES string of the molecule is COc1cccc(F)c1CN1CCc2nc(-c3cncnc3)[nH]c(=O)c2C1. The quantitative estimate of drug-likeness (QED) is 0.759. The number of hydrogen-bond acceptors (Lipinski definition) is 6. The first-order chi connectivity index (χ1) is 13.2. The van der Waals surface area contributed by atoms with Crippen molar-refractivity contribution < 1.29 is 9.13 Å². The maximum Gasteiger partial charge on any atom is 0.255 e. The minimum atomic E-state index is -0.313. The summed E-state index contributed by atoms with van der Waals surface area (Å²) in [6.45, 7) is 1.44. The molecule has 1 aliphatic rings. The van der Waals surface area contributed by atoms with Gasteiger partial charge in [-0.05, 0) is 12.1 Å². The van der Waals surface area contributed by atoms with Crippen LogP contribution in [0.4, 0.5) is 4.39 Å². The maximum atomic E-state index is 14.2. The number of rotatable bonds is 4. The highest BCUT2D eigenvalue weighted by Gasteiger charge is 2.23. The number of nitrogens with zero attached hydrogens (tertiary/aromatic N) is 4. The van der Waals surface area contributed by atoms with Crippen LogP contribution < -0.4 is 10.3 Å². The van der Waals surface area contributed by atoms with Gasteiger partial charge in [0.25, 0.3) is 5.56 Å². The summed E-state index contributed by atoms with van der Waals surface area (Å²) in [5.41, 5.74) is 2.33. The molecule has 0 fully saturated rings. The lowest BCUT2D eigenvalue weighted by atomic mass is 10.1. The Balaban J connectivity index is 1.60. The molecule has 27 heavy (non-hydrogen) atoms. The fourth-order valence-corrected chi connectivity index (χ4v) is 3.28. The zero-order chi connectivity index (χ0) is 18.8. The smallest absolute Gasteiger partial charge is 0.255 e. The second-order valence-corrected chi connectivity index (χ2v) is 6.35. The van der Waals surface area contributed by atoms with Crippen molar-refractivity contribution in [3.63, 3.8) is 0 Å². The lowest BCUT2D eigenvalue weighted by Gasteiger charge is -2.28. The average Bonchev–Trinajstić information content (AvgIpc) is 2.70. The molecule has 3 aromatic rings. The number of aromatic amines is 1. The van der Waals surface area contributed by atoms with Crippen LogP contribution in [0.1, 0.15) is 16.8 Å². The number of fused-ring (bicyclic) bond motifs is 1. The van der Waals surface area contributed by atoms with E-state index in [-0.39, 0.29) is 11.4 Å². The molecule has 0 amide bonds. The van der Waals surface area contributed by atoms with Crippen molar-refractivity contribution in [2.24, 2.45) is 0 Å². The maximum absolute atomic E-state index is 14.2. The number of aromatic nitrogens is 4. The van der Waals surface area contributed by atoms with Crippen LogP contribution in [0.3, 0.4) is 0 Å². The van der Waals surface area contributed by atoms with Crippen molar-refractivity contribution in [3.8, 4) is 17.1 Å². The summed E-state index contributed by atoms with van der Waals surface area (Å²) in [4.78, 5) is 29.9. The number of H-pyrrole nitrogens is 1. The first-order valence-electron chi connectivity index (χ1n) is 8.57. The number of benzene rings is 1. The first kappa shape index (κ1) is 17.3. The van der Waals surface area contributed by atoms with Crippen LogP contribution in [0, 0.1) is 5.82 Å². The van der Waals surface area contributed by atoms with Gasteiger partial charge in [0.05, 0.1) is 23.9 Å². The van der Waals surface area contributed by atoms with Gasteiger partial charge in [-0.2, -0.15) is 0 Å². The molecular weight excluding hydrogens is 349 g/mol. The van der Waals surface area contributed by atoms with E-state index in [9.17, 15) is 9.18 Å². The highest BCUT2D eigenvalue weighted by atomic mass is 19.1. The predicted octanol–water partition coefficient (Wildman–Crippen LogP) is 1.93. The Bertz CT molecular complexity index is 1020. The zero-order valence-electron chi connectivity index (χ0n) is 14.8. The standard InChI is InChI=1S/C19H18FN5O2/c1-27-17-4-2-3-15(20)13(17)9-25-6-5-16-14(10-25)19(26)24-18(23-16)12-7-21-11-22-8-12/h2-4,7-8,11H,5-6,9-10H2,1H3,(H,23,24,26). The van der Waals surface area contributed by atoms with E-state index in [1.54, 1.807) is 24.5 Å². The van der Waals surface area contributed by atoms with Crippen molar-refractivity contribution in [1.82, 2.24) is 24.8 Å². The van der Waals surface area contributed by atoms with E-state index in [1.807, 2.05) is 4.90 Å². The molecule has 0 unspecified atom stereocenters. The van der Waals surface area contributed by atoms with Gasteiger partial charge in [0.2, 0.25) is 0 Å². The fraction of sp³-hybridized carbons (Fsp3) is 0.263. The van der Waals surface area contributed by atoms with Crippen LogP contribution in [-0.2, 0) is 19.5 Å². The van der Waals surface area contributed by atoms with Crippen LogP contribution in [-0.4, -0.2) is 38.5 Å². The third-order valence-electron chi connectivity index (χ3n) is 4.66. The molecule has 0 spiro atoms. The van der Waals surface area contributed by atoms with Gasteiger partial charge in [-0.1, -0.05) is 6.07 Å². The van der Waals surface area contributed by atoms with Gasteiger partial charge in [-0.15, -0.1) is 0 Å². The summed E-state index contributed by atoms with van der Waals surface area (Å²) in [6.07, 6.45) is 5.25. The topological polar surface area (TPSA) is 84.0 Å². The van der Waals surface area contributed by atoms with Crippen LogP contribution in [0.25, 0.3) is 11.4 Å². The molecule has 0 bridgehead atoms. The molecule has 1 N–H and O–H groups in total. The third kappa shape index (κ3) is 3.43. The molecule has 7 nitrogen and oxygen atoms in total. The minimum Gasteiger partial charge on any atom is -0.496 e. The first-order valence-corrected chi connectivity index (χ1v) is 8.57. The normalized spacial score (nSPS) is 14.0. The third-order valence-corrected chi connectivity index (χ3v) is 4.66. The van der Waals surface area contributed by atoms with E-state index in [1.165, 1.54) is 19.5 Å². The van der Waals surface area contributed by atoms with Crippen LogP contribution in [0.5, 0.6) is 5.75 Å². The van der Waals surface area contributed by atoms with Gasteiger partial charge in [0.15, 0.2) is 0 Å². The van der Waals surface area contributed by atoms with Gasteiger partial charge in [0, 0.05) is 44.0 Å². The predicted molar refractivity (Wildman–Crippen MR) is 96.7 cm³/mol. The number of nitrogens with one attached hydrogen (secondary N) is 1. The minimum absolute atomic E-state index is 0.191. The van der Waals surface area contributed by atoms with Gasteiger partial charge in [0.1, 0.15) is 23.7 Å². The monoisotopic (exact) mass is 367 g/mol. The number of halogens is 1. The van der Waals surface area contributed by atoms with Crippen molar-refractivity contribution >= 4 is 0 Å². The Hall–Kier alpha value is -3.13. The second-order valence-electron chi connectivity index (χ2n) is 6.35. The lowest BCUT2D eigenvalue weighted by molar-refractivity contribution is 0.234. The molecule has 8 heteroatoms. The van der Waals surface area contributed by atoms with Gasteiger partial charge in [-0.3, -0.25) is 9.69 Å². The molecule has 0 aliphatic carbocycles. The van der Waals surface area contributed by atoms with Gasteiger partial charge >= 0.3 is 0 Å². The molecule has 4 rings (SSSR count). The Morgan fingerprint density at radius 3 is 2.89 bits per heavy atom. The van der Waals surface area contributed by atoms with Crippen LogP contribution >= 0.6 is 0 Å². The number of methoxy groups -OCH3 is 1. The van der Waals surface area contributed by atoms with E-state index >= 15 is 0 Å². The molecule has 2 aromatic heterocycles. The molecule has 0 saturated carbocycles. The molecule has 3 heterocycles. The average molecular weight is 367 g/mol. The number of hydrogen-bond donors (Lipinski definition) is 1. The molecule has 1 aromatic carbocycles. The Kier molecular flexibility index (Phi) is 4.64. The van der Waals surface area contributed by atoms with Crippen molar-refractivity contribution in [2.75, 3.05) is 13.7 Å². The van der Waals surface area contributed by atoms with E-state index in [4.69, 9.17) is 4.74 Å². The Labute approximate surface area is 154 Å². The molecule has 1 aliphatic heterocycles. The second kappa shape index (κ2) is 7.24. The van der Waals surface area contributed by atoms with E-state index in [0.717, 1.165) is 5.69 Å². The summed E-state index contributed by atoms with van der Waals surface area (Å²) < 4.78 is 19.5. The van der Waals surface area contributed by atoms with Crippen molar-refractivity contribution in [3.05, 3.63) is 69.9 Å². The Morgan fingerprint density at radius 1 is 1.30 bits per heavy atom. The Morgan fingerprint density at radius 2 is 2.11 bits per heavy atom.